The van der Waals surface area contributed by atoms with Crippen LogP contribution in [-0.4, -0.2) is 53.1 Å². The molecule has 1 saturated heterocycles. The van der Waals surface area contributed by atoms with Crippen LogP contribution in [0.15, 0.2) is 41.3 Å². The van der Waals surface area contributed by atoms with Crippen LogP contribution in [-0.2, 0) is 10.0 Å². The number of sulfonamides is 1. The summed E-state index contributed by atoms with van der Waals surface area (Å²) in [5, 5.41) is 12.3. The molecule has 0 radical (unpaired) electrons. The summed E-state index contributed by atoms with van der Waals surface area (Å²) >= 11 is 0. The number of benzene rings is 2. The minimum atomic E-state index is -3.54. The highest BCUT2D eigenvalue weighted by Crippen LogP contribution is 2.32. The summed E-state index contributed by atoms with van der Waals surface area (Å²) in [5.74, 6) is 1.60. The van der Waals surface area contributed by atoms with Crippen molar-refractivity contribution in [3.05, 3.63) is 58.9 Å². The molecule has 9 heteroatoms. The number of hydrogen-bond donors (Lipinski definition) is 0. The van der Waals surface area contributed by atoms with Crippen molar-refractivity contribution in [3.8, 4) is 11.4 Å². The van der Waals surface area contributed by atoms with Crippen LogP contribution in [0.3, 0.4) is 0 Å². The van der Waals surface area contributed by atoms with Gasteiger partial charge >= 0.3 is 0 Å². The van der Waals surface area contributed by atoms with E-state index in [1.165, 1.54) is 0 Å². The Labute approximate surface area is 182 Å². The van der Waals surface area contributed by atoms with Gasteiger partial charge in [-0.25, -0.2) is 8.42 Å². The molecular weight excluding hydrogens is 414 g/mol. The van der Waals surface area contributed by atoms with E-state index in [2.05, 4.69) is 15.5 Å². The molecule has 0 unspecified atom stereocenters. The van der Waals surface area contributed by atoms with Gasteiger partial charge in [0.2, 0.25) is 10.0 Å². The van der Waals surface area contributed by atoms with Crippen LogP contribution in [0, 0.1) is 20.8 Å². The van der Waals surface area contributed by atoms with Crippen molar-refractivity contribution in [2.24, 2.45) is 0 Å². The predicted octanol–water partition coefficient (Wildman–Crippen LogP) is 3.16. The number of aromatic nitrogens is 4. The van der Waals surface area contributed by atoms with Crippen molar-refractivity contribution in [2.45, 2.75) is 44.4 Å². The zero-order chi connectivity index (χ0) is 22.2. The number of ether oxygens (including phenoxy) is 1. The summed E-state index contributed by atoms with van der Waals surface area (Å²) in [7, 11) is -1.92. The number of tetrazole rings is 1. The van der Waals surface area contributed by atoms with Gasteiger partial charge in [0.15, 0.2) is 5.82 Å². The normalized spacial score (nSPS) is 15.9. The van der Waals surface area contributed by atoms with Crippen molar-refractivity contribution >= 4 is 10.0 Å². The molecule has 0 bridgehead atoms. The number of methoxy groups -OCH3 is 1. The zero-order valence-electron chi connectivity index (χ0n) is 18.2. The Morgan fingerprint density at radius 3 is 2.19 bits per heavy atom. The number of rotatable bonds is 5. The Morgan fingerprint density at radius 2 is 1.61 bits per heavy atom. The molecule has 1 aliphatic heterocycles. The number of hydrogen-bond acceptors (Lipinski definition) is 6. The lowest BCUT2D eigenvalue weighted by molar-refractivity contribution is 0.311. The van der Waals surface area contributed by atoms with E-state index in [0.29, 0.717) is 30.8 Å². The Bertz CT molecular complexity index is 1160. The topological polar surface area (TPSA) is 90.2 Å². The summed E-state index contributed by atoms with van der Waals surface area (Å²) in [4.78, 5) is 0.430. The van der Waals surface area contributed by atoms with Gasteiger partial charge in [-0.05, 0) is 79.4 Å². The highest BCUT2D eigenvalue weighted by Gasteiger charge is 2.33. The molecule has 0 atom stereocenters. The van der Waals surface area contributed by atoms with E-state index in [1.54, 1.807) is 16.1 Å². The summed E-state index contributed by atoms with van der Waals surface area (Å²) < 4.78 is 35.2. The molecule has 164 valence electrons. The first-order chi connectivity index (χ1) is 14.8. The van der Waals surface area contributed by atoms with Crippen LogP contribution in [0.5, 0.6) is 5.75 Å². The average Bonchev–Trinajstić information content (AvgIpc) is 3.23. The molecule has 2 aromatic carbocycles. The van der Waals surface area contributed by atoms with Crippen LogP contribution in [0.25, 0.3) is 5.69 Å². The summed E-state index contributed by atoms with van der Waals surface area (Å²) in [6.45, 7) is 6.59. The lowest BCUT2D eigenvalue weighted by atomic mass is 9.97. The molecule has 4 rings (SSSR count). The molecule has 0 N–H and O–H groups in total. The van der Waals surface area contributed by atoms with Gasteiger partial charge in [-0.15, -0.1) is 5.10 Å². The fourth-order valence-corrected chi connectivity index (χ4v) is 6.29. The van der Waals surface area contributed by atoms with E-state index >= 15 is 0 Å². The van der Waals surface area contributed by atoms with E-state index in [4.69, 9.17) is 4.74 Å². The van der Waals surface area contributed by atoms with E-state index in [0.717, 1.165) is 34.0 Å². The van der Waals surface area contributed by atoms with Gasteiger partial charge in [-0.1, -0.05) is 17.7 Å². The van der Waals surface area contributed by atoms with Crippen molar-refractivity contribution in [3.63, 3.8) is 0 Å². The van der Waals surface area contributed by atoms with Crippen LogP contribution in [0.4, 0.5) is 0 Å². The van der Waals surface area contributed by atoms with Crippen LogP contribution in [0.1, 0.15) is 41.3 Å². The second kappa shape index (κ2) is 8.39. The van der Waals surface area contributed by atoms with Crippen molar-refractivity contribution in [2.75, 3.05) is 20.2 Å². The third kappa shape index (κ3) is 4.07. The molecule has 1 aromatic heterocycles. The van der Waals surface area contributed by atoms with Crippen molar-refractivity contribution < 1.29 is 13.2 Å². The maximum Gasteiger partial charge on any atom is 0.243 e. The number of piperidine rings is 1. The fraction of sp³-hybridized carbons (Fsp3) is 0.409. The third-order valence-corrected chi connectivity index (χ3v) is 8.04. The molecule has 0 aliphatic carbocycles. The standard InChI is InChI=1S/C22H27N5O3S/c1-15-13-16(2)21(17(3)14-15)31(28,29)26-11-9-18(10-12-26)22-23-24-25-27(22)19-5-7-20(30-4)8-6-19/h5-8,13-14,18H,9-12H2,1-4H3. The second-order valence-electron chi connectivity index (χ2n) is 8.05. The van der Waals surface area contributed by atoms with Gasteiger partial charge in [0.25, 0.3) is 0 Å². The number of aryl methyl sites for hydroxylation is 3. The molecule has 0 saturated carbocycles. The van der Waals surface area contributed by atoms with Gasteiger partial charge in [-0.2, -0.15) is 8.99 Å². The Balaban J connectivity index is 1.53. The van der Waals surface area contributed by atoms with Gasteiger partial charge in [0, 0.05) is 19.0 Å². The second-order valence-corrected chi connectivity index (χ2v) is 9.93. The minimum Gasteiger partial charge on any atom is -0.497 e. The van der Waals surface area contributed by atoms with Gasteiger partial charge in [-0.3, -0.25) is 0 Å². The number of nitrogens with zero attached hydrogens (tertiary/aromatic N) is 5. The lowest BCUT2D eigenvalue weighted by Gasteiger charge is -2.31. The summed E-state index contributed by atoms with van der Waals surface area (Å²) in [6, 6.07) is 11.4. The molecular formula is C22H27N5O3S. The molecule has 1 aliphatic rings. The quantitative estimate of drug-likeness (QED) is 0.604. The first-order valence-corrected chi connectivity index (χ1v) is 11.8. The van der Waals surface area contributed by atoms with Crippen molar-refractivity contribution in [1.29, 1.82) is 0 Å². The summed E-state index contributed by atoms with van der Waals surface area (Å²) in [6.07, 6.45) is 1.33. The van der Waals surface area contributed by atoms with Crippen LogP contribution >= 0.6 is 0 Å². The van der Waals surface area contributed by atoms with Crippen molar-refractivity contribution in [1.82, 2.24) is 24.5 Å². The molecule has 0 amide bonds. The fourth-order valence-electron chi connectivity index (χ4n) is 4.41. The molecule has 8 nitrogen and oxygen atoms in total. The Kier molecular flexibility index (Phi) is 5.81. The van der Waals surface area contributed by atoms with E-state index in [-0.39, 0.29) is 5.92 Å². The first kappa shape index (κ1) is 21.5. The zero-order valence-corrected chi connectivity index (χ0v) is 19.1. The third-order valence-electron chi connectivity index (χ3n) is 5.83. The van der Waals surface area contributed by atoms with Crippen LogP contribution < -0.4 is 4.74 Å². The van der Waals surface area contributed by atoms with Gasteiger partial charge in [0.05, 0.1) is 17.7 Å². The van der Waals surface area contributed by atoms with Gasteiger partial charge < -0.3 is 4.74 Å². The highest BCUT2D eigenvalue weighted by atomic mass is 32.2. The SMILES string of the molecule is COc1ccc(-n2nnnc2C2CCN(S(=O)(=O)c3c(C)cc(C)cc3C)CC2)cc1. The monoisotopic (exact) mass is 441 g/mol. The first-order valence-electron chi connectivity index (χ1n) is 10.3. The Morgan fingerprint density at radius 1 is 1.00 bits per heavy atom. The molecule has 3 aromatic rings. The van der Waals surface area contributed by atoms with E-state index < -0.39 is 10.0 Å². The molecule has 1 fully saturated rings. The lowest BCUT2D eigenvalue weighted by Crippen LogP contribution is -2.39. The van der Waals surface area contributed by atoms with E-state index in [1.807, 2.05) is 57.2 Å². The molecule has 31 heavy (non-hydrogen) atoms. The predicted molar refractivity (Wildman–Crippen MR) is 117 cm³/mol. The maximum absolute atomic E-state index is 13.4. The molecule has 0 spiro atoms. The average molecular weight is 442 g/mol. The Hall–Kier alpha value is -2.78. The smallest absolute Gasteiger partial charge is 0.243 e. The molecule has 2 heterocycles. The van der Waals surface area contributed by atoms with E-state index in [9.17, 15) is 8.42 Å². The maximum atomic E-state index is 13.4. The highest BCUT2D eigenvalue weighted by molar-refractivity contribution is 7.89. The summed E-state index contributed by atoms with van der Waals surface area (Å²) in [5.41, 5.74) is 3.51. The largest absolute Gasteiger partial charge is 0.497 e. The van der Waals surface area contributed by atoms with Gasteiger partial charge in [0.1, 0.15) is 5.75 Å². The van der Waals surface area contributed by atoms with Crippen LogP contribution in [0.2, 0.25) is 0 Å². The minimum absolute atomic E-state index is 0.0868.